The van der Waals surface area contributed by atoms with E-state index < -0.39 is 6.10 Å². The van der Waals surface area contributed by atoms with Crippen molar-refractivity contribution in [2.45, 2.75) is 25.9 Å². The number of halogens is 1. The Morgan fingerprint density at radius 3 is 2.92 bits per heavy atom. The fourth-order valence-corrected chi connectivity index (χ4v) is 3.39. The van der Waals surface area contributed by atoms with Crippen LogP contribution in [-0.2, 0) is 0 Å². The van der Waals surface area contributed by atoms with Crippen LogP contribution in [-0.4, -0.2) is 40.1 Å². The molecule has 2 aromatic rings. The van der Waals surface area contributed by atoms with E-state index >= 15 is 0 Å². The molecule has 1 aromatic carbocycles. The molecule has 25 heavy (non-hydrogen) atoms. The van der Waals surface area contributed by atoms with E-state index in [0.29, 0.717) is 30.3 Å². The molecule has 2 atom stereocenters. The van der Waals surface area contributed by atoms with Crippen LogP contribution < -0.4 is 4.74 Å². The Balaban J connectivity index is 1.73. The van der Waals surface area contributed by atoms with Gasteiger partial charge in [-0.15, -0.1) is 0 Å². The summed E-state index contributed by atoms with van der Waals surface area (Å²) >= 11 is 3.41. The van der Waals surface area contributed by atoms with E-state index in [9.17, 15) is 9.90 Å². The number of amides is 1. The van der Waals surface area contributed by atoms with E-state index in [-0.39, 0.29) is 11.8 Å². The molecular weight excluding hydrogens is 384 g/mol. The van der Waals surface area contributed by atoms with Gasteiger partial charge in [0.25, 0.3) is 5.91 Å². The summed E-state index contributed by atoms with van der Waals surface area (Å²) in [4.78, 5) is 18.7. The number of carbonyl (C=O) groups is 1. The number of ether oxygens (including phenoxy) is 1. The van der Waals surface area contributed by atoms with Crippen molar-refractivity contribution in [3.8, 4) is 11.5 Å². The molecule has 1 fully saturated rings. The lowest BCUT2D eigenvalue weighted by Gasteiger charge is -2.34. The predicted octanol–water partition coefficient (Wildman–Crippen LogP) is 3.87. The number of hydrogen-bond donors (Lipinski definition) is 1. The Morgan fingerprint density at radius 2 is 2.16 bits per heavy atom. The van der Waals surface area contributed by atoms with Gasteiger partial charge in [0.15, 0.2) is 0 Å². The number of aliphatic hydroxyl groups excluding tert-OH is 1. The highest BCUT2D eigenvalue weighted by Crippen LogP contribution is 2.26. The highest BCUT2D eigenvalue weighted by molar-refractivity contribution is 9.10. The topological polar surface area (TPSA) is 62.7 Å². The van der Waals surface area contributed by atoms with Crippen LogP contribution in [0.15, 0.2) is 47.1 Å². The number of nitrogens with zero attached hydrogens (tertiary/aromatic N) is 2. The normalized spacial score (nSPS) is 18.7. The molecule has 1 aliphatic heterocycles. The first kappa shape index (κ1) is 17.9. The lowest BCUT2D eigenvalue weighted by atomic mass is 9.93. The number of aromatic nitrogens is 1. The second-order valence-corrected chi connectivity index (χ2v) is 7.25. The summed E-state index contributed by atoms with van der Waals surface area (Å²) in [6.07, 6.45) is 3.02. The molecule has 1 saturated heterocycles. The zero-order chi connectivity index (χ0) is 17.8. The average molecular weight is 405 g/mol. The maximum absolute atomic E-state index is 12.7. The Kier molecular flexibility index (Phi) is 5.71. The first-order valence-electron chi connectivity index (χ1n) is 8.40. The molecule has 1 N–H and O–H groups in total. The van der Waals surface area contributed by atoms with Crippen molar-refractivity contribution in [1.29, 1.82) is 0 Å². The summed E-state index contributed by atoms with van der Waals surface area (Å²) in [7, 11) is 0. The fourth-order valence-electron chi connectivity index (χ4n) is 3.01. The predicted molar refractivity (Wildman–Crippen MR) is 98.8 cm³/mol. The zero-order valence-electron chi connectivity index (χ0n) is 14.1. The van der Waals surface area contributed by atoms with Crippen molar-refractivity contribution >= 4 is 21.8 Å². The number of piperidine rings is 1. The third-order valence-corrected chi connectivity index (χ3v) is 4.90. The van der Waals surface area contributed by atoms with E-state index in [0.717, 1.165) is 17.3 Å². The molecular formula is C19H21BrN2O3. The van der Waals surface area contributed by atoms with Crippen LogP contribution in [0, 0.1) is 5.92 Å². The molecule has 0 spiro atoms. The molecule has 5 nitrogen and oxygen atoms in total. The quantitative estimate of drug-likeness (QED) is 0.839. The van der Waals surface area contributed by atoms with Gasteiger partial charge < -0.3 is 14.7 Å². The highest BCUT2D eigenvalue weighted by atomic mass is 79.9. The van der Waals surface area contributed by atoms with Gasteiger partial charge >= 0.3 is 0 Å². The Labute approximate surface area is 155 Å². The summed E-state index contributed by atoms with van der Waals surface area (Å²) in [5, 5.41) is 9.80. The van der Waals surface area contributed by atoms with E-state index in [1.54, 1.807) is 30.2 Å². The van der Waals surface area contributed by atoms with Crippen molar-refractivity contribution < 1.29 is 14.6 Å². The number of carbonyl (C=O) groups excluding carboxylic acids is 1. The summed E-state index contributed by atoms with van der Waals surface area (Å²) in [5.74, 6) is 1.26. The minimum atomic E-state index is -0.408. The van der Waals surface area contributed by atoms with Crippen LogP contribution in [0.4, 0.5) is 0 Å². The maximum Gasteiger partial charge on any atom is 0.272 e. The molecule has 1 amide bonds. The number of pyridine rings is 1. The number of rotatable bonds is 4. The SMILES string of the molecule is CC(O)C1CCCN(C(=O)c2cc(Oc3cccc(Br)c3)ccn2)C1. The molecule has 0 bridgehead atoms. The number of hydrogen-bond acceptors (Lipinski definition) is 4. The van der Waals surface area contributed by atoms with E-state index in [1.807, 2.05) is 24.3 Å². The standard InChI is InChI=1S/C19H21BrN2O3/c1-13(23)14-4-3-9-22(12-14)19(24)18-11-17(7-8-21-18)25-16-6-2-5-15(20)10-16/h2,5-8,10-11,13-14,23H,3-4,9,12H2,1H3. The lowest BCUT2D eigenvalue weighted by molar-refractivity contribution is 0.0461. The van der Waals surface area contributed by atoms with Gasteiger partial charge in [-0.3, -0.25) is 9.78 Å². The van der Waals surface area contributed by atoms with Crippen LogP contribution in [0.5, 0.6) is 11.5 Å². The molecule has 2 heterocycles. The Hall–Kier alpha value is -1.92. The van der Waals surface area contributed by atoms with Gasteiger partial charge in [-0.05, 0) is 44.0 Å². The van der Waals surface area contributed by atoms with Crippen molar-refractivity contribution in [2.75, 3.05) is 13.1 Å². The van der Waals surface area contributed by atoms with Gasteiger partial charge in [0, 0.05) is 35.7 Å². The molecule has 0 radical (unpaired) electrons. The van der Waals surface area contributed by atoms with Gasteiger partial charge in [-0.25, -0.2) is 0 Å². The lowest BCUT2D eigenvalue weighted by Crippen LogP contribution is -2.43. The van der Waals surface area contributed by atoms with Crippen LogP contribution in [0.2, 0.25) is 0 Å². The fraction of sp³-hybridized carbons (Fsp3) is 0.368. The monoisotopic (exact) mass is 404 g/mol. The van der Waals surface area contributed by atoms with Gasteiger partial charge in [0.2, 0.25) is 0 Å². The van der Waals surface area contributed by atoms with Crippen molar-refractivity contribution in [2.24, 2.45) is 5.92 Å². The minimum absolute atomic E-state index is 0.120. The third-order valence-electron chi connectivity index (χ3n) is 4.41. The molecule has 2 unspecified atom stereocenters. The Morgan fingerprint density at radius 1 is 1.36 bits per heavy atom. The molecule has 1 aromatic heterocycles. The second-order valence-electron chi connectivity index (χ2n) is 6.33. The Bertz CT molecular complexity index is 751. The zero-order valence-corrected chi connectivity index (χ0v) is 15.6. The maximum atomic E-state index is 12.7. The molecule has 132 valence electrons. The van der Waals surface area contributed by atoms with Crippen molar-refractivity contribution in [3.05, 3.63) is 52.8 Å². The van der Waals surface area contributed by atoms with Gasteiger partial charge in [0.1, 0.15) is 17.2 Å². The first-order chi connectivity index (χ1) is 12.0. The van der Waals surface area contributed by atoms with Crippen molar-refractivity contribution in [1.82, 2.24) is 9.88 Å². The van der Waals surface area contributed by atoms with E-state index in [4.69, 9.17) is 4.74 Å². The summed E-state index contributed by atoms with van der Waals surface area (Å²) in [6.45, 7) is 3.04. The first-order valence-corrected chi connectivity index (χ1v) is 9.19. The van der Waals surface area contributed by atoms with E-state index in [2.05, 4.69) is 20.9 Å². The molecule has 1 aliphatic rings. The van der Waals surface area contributed by atoms with Crippen LogP contribution in [0.1, 0.15) is 30.3 Å². The smallest absolute Gasteiger partial charge is 0.272 e. The number of likely N-dealkylation sites (tertiary alicyclic amines) is 1. The minimum Gasteiger partial charge on any atom is -0.457 e. The van der Waals surface area contributed by atoms with Gasteiger partial charge in [-0.1, -0.05) is 22.0 Å². The average Bonchev–Trinajstić information content (AvgIpc) is 2.61. The highest BCUT2D eigenvalue weighted by Gasteiger charge is 2.27. The molecule has 3 rings (SSSR count). The number of aliphatic hydroxyl groups is 1. The summed E-state index contributed by atoms with van der Waals surface area (Å²) in [5.41, 5.74) is 0.360. The van der Waals surface area contributed by atoms with Crippen LogP contribution in [0.25, 0.3) is 0 Å². The molecule has 0 saturated carbocycles. The van der Waals surface area contributed by atoms with Gasteiger partial charge in [-0.2, -0.15) is 0 Å². The molecule has 0 aliphatic carbocycles. The van der Waals surface area contributed by atoms with Crippen molar-refractivity contribution in [3.63, 3.8) is 0 Å². The summed E-state index contributed by atoms with van der Waals surface area (Å²) in [6, 6.07) is 10.9. The molecule has 6 heteroatoms. The van der Waals surface area contributed by atoms with Crippen LogP contribution >= 0.6 is 15.9 Å². The van der Waals surface area contributed by atoms with Crippen LogP contribution in [0.3, 0.4) is 0 Å². The van der Waals surface area contributed by atoms with Gasteiger partial charge in [0.05, 0.1) is 6.10 Å². The van der Waals surface area contributed by atoms with E-state index in [1.165, 1.54) is 0 Å². The third kappa shape index (κ3) is 4.58. The number of benzene rings is 1. The largest absolute Gasteiger partial charge is 0.457 e. The summed E-state index contributed by atoms with van der Waals surface area (Å²) < 4.78 is 6.74. The second kappa shape index (κ2) is 7.97.